The van der Waals surface area contributed by atoms with Crippen molar-refractivity contribution in [2.45, 2.75) is 38.7 Å². The van der Waals surface area contributed by atoms with E-state index in [9.17, 15) is 9.59 Å². The predicted octanol–water partition coefficient (Wildman–Crippen LogP) is 2.11. The van der Waals surface area contributed by atoms with Crippen LogP contribution in [0.4, 0.5) is 0 Å². The molecule has 0 aliphatic carbocycles. The Kier molecular flexibility index (Phi) is 6.08. The molecular formula is C20H28N2O3. The summed E-state index contributed by atoms with van der Waals surface area (Å²) < 4.78 is 6.04. The molecule has 2 atom stereocenters. The Morgan fingerprint density at radius 2 is 1.80 bits per heavy atom. The highest BCUT2D eigenvalue weighted by Gasteiger charge is 2.32. The maximum Gasteiger partial charge on any atom is 0.248 e. The molecule has 0 unspecified atom stereocenters. The second kappa shape index (κ2) is 8.48. The molecule has 2 amide bonds. The molecule has 1 aromatic rings. The molecule has 2 aliphatic rings. The molecule has 2 aliphatic heterocycles. The summed E-state index contributed by atoms with van der Waals surface area (Å²) in [6.45, 7) is 4.92. The first-order chi connectivity index (χ1) is 12.1. The van der Waals surface area contributed by atoms with Gasteiger partial charge in [0, 0.05) is 39.0 Å². The van der Waals surface area contributed by atoms with Crippen LogP contribution >= 0.6 is 0 Å². The summed E-state index contributed by atoms with van der Waals surface area (Å²) in [6, 6.07) is 10.3. The first-order valence-electron chi connectivity index (χ1n) is 9.32. The van der Waals surface area contributed by atoms with E-state index in [4.69, 9.17) is 4.74 Å². The zero-order valence-electron chi connectivity index (χ0n) is 15.0. The van der Waals surface area contributed by atoms with Gasteiger partial charge in [0.05, 0.1) is 6.10 Å². The third kappa shape index (κ3) is 4.82. The highest BCUT2D eigenvalue weighted by Crippen LogP contribution is 2.24. The van der Waals surface area contributed by atoms with E-state index in [2.05, 4.69) is 12.1 Å². The Labute approximate surface area is 149 Å². The SMILES string of the molecule is CC(=O)N1CC[C@@H](OCC(=O)N2CCCC2)[C@H](Cc2ccccc2)C1. The third-order valence-electron chi connectivity index (χ3n) is 5.33. The average Bonchev–Trinajstić information content (AvgIpc) is 3.16. The van der Waals surface area contributed by atoms with Gasteiger partial charge in [-0.05, 0) is 31.2 Å². The van der Waals surface area contributed by atoms with E-state index >= 15 is 0 Å². The largest absolute Gasteiger partial charge is 0.368 e. The number of hydrogen-bond donors (Lipinski definition) is 0. The van der Waals surface area contributed by atoms with Crippen LogP contribution in [0.1, 0.15) is 31.7 Å². The van der Waals surface area contributed by atoms with Crippen molar-refractivity contribution in [3.05, 3.63) is 35.9 Å². The fourth-order valence-corrected chi connectivity index (χ4v) is 3.87. The first kappa shape index (κ1) is 17.9. The van der Waals surface area contributed by atoms with Crippen LogP contribution < -0.4 is 0 Å². The van der Waals surface area contributed by atoms with Gasteiger partial charge in [0.1, 0.15) is 6.61 Å². The van der Waals surface area contributed by atoms with Crippen LogP contribution in [-0.2, 0) is 20.7 Å². The lowest BCUT2D eigenvalue weighted by molar-refractivity contribution is -0.143. The van der Waals surface area contributed by atoms with Gasteiger partial charge in [0.25, 0.3) is 0 Å². The number of carbonyl (C=O) groups excluding carboxylic acids is 2. The van der Waals surface area contributed by atoms with Crippen LogP contribution in [0.2, 0.25) is 0 Å². The minimum Gasteiger partial charge on any atom is -0.368 e. The van der Waals surface area contributed by atoms with Crippen LogP contribution in [0.15, 0.2) is 30.3 Å². The van der Waals surface area contributed by atoms with E-state index in [-0.39, 0.29) is 30.4 Å². The molecule has 2 heterocycles. The number of ether oxygens (including phenoxy) is 1. The second-order valence-electron chi connectivity index (χ2n) is 7.14. The topological polar surface area (TPSA) is 49.9 Å². The summed E-state index contributed by atoms with van der Waals surface area (Å²) in [4.78, 5) is 27.8. The van der Waals surface area contributed by atoms with E-state index in [0.717, 1.165) is 38.8 Å². The highest BCUT2D eigenvalue weighted by atomic mass is 16.5. The van der Waals surface area contributed by atoms with Crippen molar-refractivity contribution >= 4 is 11.8 Å². The van der Waals surface area contributed by atoms with Gasteiger partial charge in [-0.15, -0.1) is 0 Å². The van der Waals surface area contributed by atoms with Gasteiger partial charge in [0.15, 0.2) is 0 Å². The molecule has 2 saturated heterocycles. The van der Waals surface area contributed by atoms with Crippen molar-refractivity contribution in [3.63, 3.8) is 0 Å². The zero-order chi connectivity index (χ0) is 17.6. The Morgan fingerprint density at radius 1 is 1.08 bits per heavy atom. The molecule has 5 heteroatoms. The van der Waals surface area contributed by atoms with E-state index in [1.54, 1.807) is 6.92 Å². The predicted molar refractivity (Wildman–Crippen MR) is 96.1 cm³/mol. The Hall–Kier alpha value is -1.88. The molecule has 2 fully saturated rings. The molecule has 0 aromatic heterocycles. The monoisotopic (exact) mass is 344 g/mol. The van der Waals surface area contributed by atoms with Gasteiger partial charge >= 0.3 is 0 Å². The fraction of sp³-hybridized carbons (Fsp3) is 0.600. The maximum absolute atomic E-state index is 12.3. The van der Waals surface area contributed by atoms with Crippen molar-refractivity contribution in [1.82, 2.24) is 9.80 Å². The van der Waals surface area contributed by atoms with Gasteiger partial charge in [-0.3, -0.25) is 9.59 Å². The molecule has 1 aromatic carbocycles. The second-order valence-corrected chi connectivity index (χ2v) is 7.14. The summed E-state index contributed by atoms with van der Waals surface area (Å²) in [5.41, 5.74) is 1.25. The molecule has 0 saturated carbocycles. The summed E-state index contributed by atoms with van der Waals surface area (Å²) in [5, 5.41) is 0. The van der Waals surface area contributed by atoms with Gasteiger partial charge in [-0.1, -0.05) is 30.3 Å². The number of rotatable bonds is 5. The molecular weight excluding hydrogens is 316 g/mol. The molecule has 0 bridgehead atoms. The van der Waals surface area contributed by atoms with Crippen LogP contribution in [0.25, 0.3) is 0 Å². The number of benzene rings is 1. The lowest BCUT2D eigenvalue weighted by Gasteiger charge is -2.38. The van der Waals surface area contributed by atoms with E-state index in [0.29, 0.717) is 13.1 Å². The van der Waals surface area contributed by atoms with E-state index in [1.165, 1.54) is 5.56 Å². The van der Waals surface area contributed by atoms with Crippen molar-refractivity contribution < 1.29 is 14.3 Å². The molecule has 25 heavy (non-hydrogen) atoms. The molecule has 3 rings (SSSR count). The minimum atomic E-state index is 0.0300. The minimum absolute atomic E-state index is 0.0300. The first-order valence-corrected chi connectivity index (χ1v) is 9.32. The number of likely N-dealkylation sites (tertiary alicyclic amines) is 2. The number of amides is 2. The van der Waals surface area contributed by atoms with Crippen molar-refractivity contribution in [2.24, 2.45) is 5.92 Å². The molecule has 136 valence electrons. The van der Waals surface area contributed by atoms with Crippen molar-refractivity contribution in [2.75, 3.05) is 32.8 Å². The lowest BCUT2D eigenvalue weighted by atomic mass is 9.88. The molecule has 0 spiro atoms. The van der Waals surface area contributed by atoms with Gasteiger partial charge < -0.3 is 14.5 Å². The molecule has 0 radical (unpaired) electrons. The summed E-state index contributed by atoms with van der Waals surface area (Å²) in [5.74, 6) is 0.445. The number of nitrogens with zero attached hydrogens (tertiary/aromatic N) is 2. The van der Waals surface area contributed by atoms with Crippen LogP contribution in [0.3, 0.4) is 0 Å². The zero-order valence-corrected chi connectivity index (χ0v) is 15.0. The number of piperidine rings is 1. The van der Waals surface area contributed by atoms with Gasteiger partial charge in [-0.2, -0.15) is 0 Å². The Bertz CT molecular complexity index is 584. The standard InChI is InChI=1S/C20H28N2O3/c1-16(23)22-12-9-19(25-15-20(24)21-10-5-6-11-21)18(14-22)13-17-7-3-2-4-8-17/h2-4,7-8,18-19H,5-6,9-15H2,1H3/t18-,19-/m1/s1. The van der Waals surface area contributed by atoms with Gasteiger partial charge in [0.2, 0.25) is 11.8 Å². The van der Waals surface area contributed by atoms with Gasteiger partial charge in [-0.25, -0.2) is 0 Å². The number of carbonyl (C=O) groups is 2. The quantitative estimate of drug-likeness (QED) is 0.822. The van der Waals surface area contributed by atoms with Crippen LogP contribution in [0, 0.1) is 5.92 Å². The third-order valence-corrected chi connectivity index (χ3v) is 5.33. The summed E-state index contributed by atoms with van der Waals surface area (Å²) >= 11 is 0. The fourth-order valence-electron chi connectivity index (χ4n) is 3.87. The van der Waals surface area contributed by atoms with E-state index in [1.807, 2.05) is 28.0 Å². The summed E-state index contributed by atoms with van der Waals surface area (Å²) in [7, 11) is 0. The molecule has 5 nitrogen and oxygen atoms in total. The normalized spacial score (nSPS) is 23.7. The Balaban J connectivity index is 1.60. The van der Waals surface area contributed by atoms with E-state index < -0.39 is 0 Å². The van der Waals surface area contributed by atoms with Crippen molar-refractivity contribution in [3.8, 4) is 0 Å². The molecule has 0 N–H and O–H groups in total. The smallest absolute Gasteiger partial charge is 0.248 e. The van der Waals surface area contributed by atoms with Crippen LogP contribution in [-0.4, -0.2) is 60.5 Å². The van der Waals surface area contributed by atoms with Crippen molar-refractivity contribution in [1.29, 1.82) is 0 Å². The number of hydrogen-bond acceptors (Lipinski definition) is 3. The average molecular weight is 344 g/mol. The maximum atomic E-state index is 12.3. The lowest BCUT2D eigenvalue weighted by Crippen LogP contribution is -2.47. The Morgan fingerprint density at radius 3 is 2.48 bits per heavy atom. The highest BCUT2D eigenvalue weighted by molar-refractivity contribution is 5.77. The summed E-state index contributed by atoms with van der Waals surface area (Å²) in [6.07, 6.45) is 3.89. The van der Waals surface area contributed by atoms with Crippen LogP contribution in [0.5, 0.6) is 0 Å².